The third kappa shape index (κ3) is 2.86. The van der Waals surface area contributed by atoms with Crippen molar-refractivity contribution in [1.29, 1.82) is 0 Å². The van der Waals surface area contributed by atoms with Crippen molar-refractivity contribution in [3.05, 3.63) is 41.8 Å². The molecule has 0 unspecified atom stereocenters. The molecule has 23 heavy (non-hydrogen) atoms. The molecule has 1 amide bonds. The summed E-state index contributed by atoms with van der Waals surface area (Å²) in [6, 6.07) is 9.69. The third-order valence-corrected chi connectivity index (χ3v) is 4.69. The van der Waals surface area contributed by atoms with Gasteiger partial charge in [0.05, 0.1) is 5.69 Å². The molecule has 1 N–H and O–H groups in total. The lowest BCUT2D eigenvalue weighted by Crippen LogP contribution is -2.32. The summed E-state index contributed by atoms with van der Waals surface area (Å²) in [6.45, 7) is 5.49. The molecular formula is C17H20ClN3O2. The molecule has 5 nitrogen and oxygen atoms in total. The zero-order valence-corrected chi connectivity index (χ0v) is 13.8. The van der Waals surface area contributed by atoms with Crippen molar-refractivity contribution in [1.82, 2.24) is 15.2 Å². The van der Waals surface area contributed by atoms with Crippen LogP contribution in [-0.4, -0.2) is 42.0 Å². The first kappa shape index (κ1) is 16.0. The Bertz CT molecular complexity index is 689. The monoisotopic (exact) mass is 333 g/mol. The van der Waals surface area contributed by atoms with Crippen molar-refractivity contribution in [2.24, 2.45) is 11.8 Å². The Morgan fingerprint density at radius 3 is 2.52 bits per heavy atom. The summed E-state index contributed by atoms with van der Waals surface area (Å²) in [7, 11) is 0. The molecule has 2 saturated heterocycles. The number of carbonyl (C=O) groups excluding carboxylic acids is 1. The largest absolute Gasteiger partial charge is 0.431 e. The highest BCUT2D eigenvalue weighted by Crippen LogP contribution is 2.29. The van der Waals surface area contributed by atoms with Crippen LogP contribution in [0.25, 0.3) is 11.5 Å². The number of aryl methyl sites for hydroxylation is 1. The van der Waals surface area contributed by atoms with Crippen LogP contribution in [0, 0.1) is 18.8 Å². The standard InChI is InChI=1S/C17H19N3O2.ClH/c1-11-15(22-16(19-11)12-5-3-2-4-6-12)17(21)20-9-13-7-18-8-14(13)10-20;/h2-6,13-14,18H,7-10H2,1H3;1H/t13-,14+;. The Kier molecular flexibility index (Phi) is 4.41. The van der Waals surface area contributed by atoms with Gasteiger partial charge in [0.15, 0.2) is 0 Å². The number of fused-ring (bicyclic) bond motifs is 1. The van der Waals surface area contributed by atoms with E-state index in [0.29, 0.717) is 29.2 Å². The lowest BCUT2D eigenvalue weighted by molar-refractivity contribution is 0.0750. The molecule has 0 saturated carbocycles. The third-order valence-electron chi connectivity index (χ3n) is 4.69. The van der Waals surface area contributed by atoms with Gasteiger partial charge in [0.25, 0.3) is 5.91 Å². The number of oxazole rings is 1. The summed E-state index contributed by atoms with van der Waals surface area (Å²) in [4.78, 5) is 19.0. The summed E-state index contributed by atoms with van der Waals surface area (Å²) >= 11 is 0. The van der Waals surface area contributed by atoms with E-state index < -0.39 is 0 Å². The molecule has 3 heterocycles. The fourth-order valence-electron chi connectivity index (χ4n) is 3.46. The lowest BCUT2D eigenvalue weighted by Gasteiger charge is -2.15. The molecule has 2 aromatic rings. The molecule has 6 heteroatoms. The van der Waals surface area contributed by atoms with Gasteiger partial charge in [0.1, 0.15) is 0 Å². The van der Waals surface area contributed by atoms with Gasteiger partial charge in [-0.1, -0.05) is 18.2 Å². The van der Waals surface area contributed by atoms with Crippen LogP contribution in [0.5, 0.6) is 0 Å². The summed E-state index contributed by atoms with van der Waals surface area (Å²) in [5.41, 5.74) is 1.56. The summed E-state index contributed by atoms with van der Waals surface area (Å²) in [6.07, 6.45) is 0. The first-order chi connectivity index (χ1) is 10.7. The van der Waals surface area contributed by atoms with E-state index in [1.807, 2.05) is 42.2 Å². The van der Waals surface area contributed by atoms with Crippen molar-refractivity contribution in [3.63, 3.8) is 0 Å². The predicted octanol–water partition coefficient (Wildman–Crippen LogP) is 2.36. The minimum atomic E-state index is -0.0263. The van der Waals surface area contributed by atoms with Gasteiger partial charge in [-0.05, 0) is 30.9 Å². The van der Waals surface area contributed by atoms with Crippen LogP contribution in [0.3, 0.4) is 0 Å². The van der Waals surface area contributed by atoms with Crippen LogP contribution in [0.2, 0.25) is 0 Å². The molecule has 1 aromatic heterocycles. The van der Waals surface area contributed by atoms with Crippen LogP contribution in [0.1, 0.15) is 16.2 Å². The zero-order chi connectivity index (χ0) is 15.1. The molecule has 0 radical (unpaired) electrons. The van der Waals surface area contributed by atoms with E-state index in [1.54, 1.807) is 0 Å². The molecule has 0 spiro atoms. The normalized spacial score (nSPS) is 22.7. The number of nitrogens with zero attached hydrogens (tertiary/aromatic N) is 2. The Hall–Kier alpha value is -1.85. The van der Waals surface area contributed by atoms with E-state index in [0.717, 1.165) is 31.7 Å². The van der Waals surface area contributed by atoms with Gasteiger partial charge in [-0.2, -0.15) is 0 Å². The number of likely N-dealkylation sites (tertiary alicyclic amines) is 1. The molecular weight excluding hydrogens is 314 g/mol. The van der Waals surface area contributed by atoms with Crippen molar-refractivity contribution >= 4 is 18.3 Å². The van der Waals surface area contributed by atoms with E-state index in [9.17, 15) is 4.79 Å². The van der Waals surface area contributed by atoms with E-state index >= 15 is 0 Å². The number of halogens is 1. The first-order valence-corrected chi connectivity index (χ1v) is 7.75. The highest BCUT2D eigenvalue weighted by atomic mass is 35.5. The number of carbonyl (C=O) groups is 1. The van der Waals surface area contributed by atoms with Crippen LogP contribution in [0.4, 0.5) is 0 Å². The Morgan fingerprint density at radius 1 is 1.22 bits per heavy atom. The lowest BCUT2D eigenvalue weighted by atomic mass is 10.0. The summed E-state index contributed by atoms with van der Waals surface area (Å²) in [5.74, 6) is 2.04. The van der Waals surface area contributed by atoms with Crippen LogP contribution >= 0.6 is 12.4 Å². The topological polar surface area (TPSA) is 58.4 Å². The molecule has 2 atom stereocenters. The Labute approximate surface area is 141 Å². The van der Waals surface area contributed by atoms with Gasteiger partial charge < -0.3 is 14.6 Å². The van der Waals surface area contributed by atoms with Gasteiger partial charge in [-0.25, -0.2) is 4.98 Å². The molecule has 2 fully saturated rings. The number of benzene rings is 1. The second kappa shape index (κ2) is 6.34. The first-order valence-electron chi connectivity index (χ1n) is 7.75. The SMILES string of the molecule is Cc1nc(-c2ccccc2)oc1C(=O)N1C[C@H]2CNC[C@H]2C1.Cl. The maximum atomic E-state index is 12.7. The molecule has 1 aromatic carbocycles. The second-order valence-corrected chi connectivity index (χ2v) is 6.19. The smallest absolute Gasteiger partial charge is 0.291 e. The average molecular weight is 334 g/mol. The summed E-state index contributed by atoms with van der Waals surface area (Å²) in [5, 5.41) is 3.39. The van der Waals surface area contributed by atoms with E-state index in [1.165, 1.54) is 0 Å². The molecule has 122 valence electrons. The van der Waals surface area contributed by atoms with Crippen LogP contribution in [-0.2, 0) is 0 Å². The van der Waals surface area contributed by atoms with Gasteiger partial charge >= 0.3 is 0 Å². The van der Waals surface area contributed by atoms with E-state index in [-0.39, 0.29) is 18.3 Å². The molecule has 0 aliphatic carbocycles. The number of nitrogens with one attached hydrogen (secondary N) is 1. The predicted molar refractivity (Wildman–Crippen MR) is 89.7 cm³/mol. The molecule has 0 bridgehead atoms. The average Bonchev–Trinajstić information content (AvgIpc) is 3.21. The fourth-order valence-corrected chi connectivity index (χ4v) is 3.46. The molecule has 4 rings (SSSR count). The van der Waals surface area contributed by atoms with Gasteiger partial charge in [-0.3, -0.25) is 4.79 Å². The van der Waals surface area contributed by atoms with Crippen LogP contribution in [0.15, 0.2) is 34.7 Å². The second-order valence-electron chi connectivity index (χ2n) is 6.19. The summed E-state index contributed by atoms with van der Waals surface area (Å²) < 4.78 is 5.78. The number of rotatable bonds is 2. The highest BCUT2D eigenvalue weighted by molar-refractivity contribution is 5.93. The minimum absolute atomic E-state index is 0. The van der Waals surface area contributed by atoms with Gasteiger partial charge in [0.2, 0.25) is 11.7 Å². The Balaban J connectivity index is 0.00000156. The van der Waals surface area contributed by atoms with Gasteiger partial charge in [0, 0.05) is 31.7 Å². The fraction of sp³-hybridized carbons (Fsp3) is 0.412. The highest BCUT2D eigenvalue weighted by Gasteiger charge is 2.39. The number of hydrogen-bond donors (Lipinski definition) is 1. The van der Waals surface area contributed by atoms with Crippen molar-refractivity contribution in [2.45, 2.75) is 6.92 Å². The van der Waals surface area contributed by atoms with Crippen molar-refractivity contribution in [3.8, 4) is 11.5 Å². The Morgan fingerprint density at radius 2 is 1.87 bits per heavy atom. The number of amides is 1. The maximum absolute atomic E-state index is 12.7. The minimum Gasteiger partial charge on any atom is -0.431 e. The van der Waals surface area contributed by atoms with E-state index in [2.05, 4.69) is 10.3 Å². The van der Waals surface area contributed by atoms with Gasteiger partial charge in [-0.15, -0.1) is 12.4 Å². The van der Waals surface area contributed by atoms with E-state index in [4.69, 9.17) is 4.42 Å². The maximum Gasteiger partial charge on any atom is 0.291 e. The number of aromatic nitrogens is 1. The zero-order valence-electron chi connectivity index (χ0n) is 13.0. The molecule has 2 aliphatic heterocycles. The van der Waals surface area contributed by atoms with Crippen molar-refractivity contribution in [2.75, 3.05) is 26.2 Å². The van der Waals surface area contributed by atoms with Crippen molar-refractivity contribution < 1.29 is 9.21 Å². The quantitative estimate of drug-likeness (QED) is 0.916. The van der Waals surface area contributed by atoms with Crippen LogP contribution < -0.4 is 5.32 Å². The molecule has 2 aliphatic rings. The number of hydrogen-bond acceptors (Lipinski definition) is 4.